The molecule has 0 radical (unpaired) electrons. The third-order valence-corrected chi connectivity index (χ3v) is 6.33. The molecule has 0 bridgehead atoms. The van der Waals surface area contributed by atoms with Gasteiger partial charge in [0, 0.05) is 12.3 Å². The van der Waals surface area contributed by atoms with Crippen molar-refractivity contribution in [1.29, 1.82) is 0 Å². The fourth-order valence-corrected chi connectivity index (χ4v) is 4.57. The van der Waals surface area contributed by atoms with E-state index in [4.69, 9.17) is 0 Å². The van der Waals surface area contributed by atoms with Gasteiger partial charge in [0.1, 0.15) is 0 Å². The Morgan fingerprint density at radius 2 is 1.08 bits per heavy atom. The summed E-state index contributed by atoms with van der Waals surface area (Å²) >= 11 is 0. The Bertz CT molecular complexity index is 243. The van der Waals surface area contributed by atoms with Crippen LogP contribution in [0.1, 0.15) is 129 Å². The van der Waals surface area contributed by atoms with E-state index in [1.807, 2.05) is 4.90 Å². The molecule has 1 fully saturated rings. The normalized spacial score (nSPS) is 19.6. The zero-order valence-electron chi connectivity index (χ0n) is 18.3. The van der Waals surface area contributed by atoms with Crippen molar-refractivity contribution in [2.75, 3.05) is 19.6 Å². The van der Waals surface area contributed by atoms with Crippen molar-refractivity contribution in [3.8, 4) is 0 Å². The first kappa shape index (κ1) is 26.4. The molecule has 1 N–H and O–H groups in total. The smallest absolute Gasteiger partial charge is 0.0801 e. The highest BCUT2D eigenvalue weighted by atomic mass is 79.9. The van der Waals surface area contributed by atoms with E-state index in [-0.39, 0.29) is 17.0 Å². The van der Waals surface area contributed by atoms with E-state index in [0.717, 1.165) is 5.92 Å². The van der Waals surface area contributed by atoms with E-state index in [9.17, 15) is 0 Å². The summed E-state index contributed by atoms with van der Waals surface area (Å²) in [6, 6.07) is 0. The van der Waals surface area contributed by atoms with Crippen molar-refractivity contribution in [3.63, 3.8) is 0 Å². The standard InChI is InChI=1S/C24H49N.BrH/c1-3-5-7-9-11-13-15-17-19-24-20-22-25(23-24)21-18-16-14-12-10-8-6-4-2;/h24H,3-23H2,1-2H3;1H. The molecule has 0 aromatic carbocycles. The van der Waals surface area contributed by atoms with Gasteiger partial charge in [-0.3, -0.25) is 0 Å². The summed E-state index contributed by atoms with van der Waals surface area (Å²) < 4.78 is 0. The van der Waals surface area contributed by atoms with Gasteiger partial charge in [-0.05, 0) is 19.3 Å². The predicted octanol–water partition coefficient (Wildman–Crippen LogP) is 3.57. The molecular weight excluding hydrogens is 382 g/mol. The van der Waals surface area contributed by atoms with Crippen molar-refractivity contribution in [3.05, 3.63) is 0 Å². The van der Waals surface area contributed by atoms with Crippen LogP contribution in [-0.4, -0.2) is 19.6 Å². The average molecular weight is 433 g/mol. The van der Waals surface area contributed by atoms with Gasteiger partial charge in [0.15, 0.2) is 0 Å². The zero-order chi connectivity index (χ0) is 18.0. The Kier molecular flexibility index (Phi) is 20.5. The summed E-state index contributed by atoms with van der Waals surface area (Å²) in [7, 11) is 0. The summed E-state index contributed by atoms with van der Waals surface area (Å²) in [6.07, 6.45) is 26.5. The molecule has 158 valence electrons. The van der Waals surface area contributed by atoms with Gasteiger partial charge in [0.25, 0.3) is 0 Å². The Balaban J connectivity index is 0.00000625. The molecule has 2 heteroatoms. The number of nitrogens with one attached hydrogen (secondary N) is 1. The number of likely N-dealkylation sites (tertiary alicyclic amines) is 1. The molecule has 26 heavy (non-hydrogen) atoms. The molecule has 0 amide bonds. The van der Waals surface area contributed by atoms with Crippen LogP contribution in [0.25, 0.3) is 0 Å². The highest BCUT2D eigenvalue weighted by Gasteiger charge is 2.24. The van der Waals surface area contributed by atoms with Crippen LogP contribution < -0.4 is 21.9 Å². The number of halogens is 1. The fourth-order valence-electron chi connectivity index (χ4n) is 4.57. The van der Waals surface area contributed by atoms with Gasteiger partial charge < -0.3 is 21.9 Å². The van der Waals surface area contributed by atoms with Gasteiger partial charge in [-0.15, -0.1) is 0 Å². The van der Waals surface area contributed by atoms with Gasteiger partial charge in [0.2, 0.25) is 0 Å². The summed E-state index contributed by atoms with van der Waals surface area (Å²) in [4.78, 5) is 1.93. The Morgan fingerprint density at radius 3 is 1.62 bits per heavy atom. The zero-order valence-corrected chi connectivity index (χ0v) is 19.9. The van der Waals surface area contributed by atoms with E-state index >= 15 is 0 Å². The minimum absolute atomic E-state index is 0. The summed E-state index contributed by atoms with van der Waals surface area (Å²) in [5, 5.41) is 0. The second-order valence-corrected chi connectivity index (χ2v) is 8.85. The van der Waals surface area contributed by atoms with Crippen molar-refractivity contribution < 1.29 is 21.9 Å². The molecule has 2 atom stereocenters. The maximum Gasteiger partial charge on any atom is 0.0801 e. The lowest BCUT2D eigenvalue weighted by atomic mass is 9.99. The molecule has 0 spiro atoms. The SMILES string of the molecule is CCCCCCCCCCC1CC[NH+](CCCCCCCCCC)C1.[Br-]. The van der Waals surface area contributed by atoms with Gasteiger partial charge in [-0.25, -0.2) is 0 Å². The van der Waals surface area contributed by atoms with Gasteiger partial charge >= 0.3 is 0 Å². The molecular formula is C24H50BrN. The van der Waals surface area contributed by atoms with Crippen LogP contribution in [-0.2, 0) is 0 Å². The number of hydrogen-bond acceptors (Lipinski definition) is 0. The number of rotatable bonds is 18. The first-order chi connectivity index (χ1) is 12.4. The summed E-state index contributed by atoms with van der Waals surface area (Å²) in [5.74, 6) is 1.06. The maximum atomic E-state index is 2.31. The second kappa shape index (κ2) is 20.2. The molecule has 1 saturated heterocycles. The average Bonchev–Trinajstić information content (AvgIpc) is 3.07. The lowest BCUT2D eigenvalue weighted by molar-refractivity contribution is -0.889. The van der Waals surface area contributed by atoms with Gasteiger partial charge in [-0.2, -0.15) is 0 Å². The topological polar surface area (TPSA) is 4.44 Å². The van der Waals surface area contributed by atoms with Crippen molar-refractivity contribution in [2.24, 2.45) is 5.92 Å². The monoisotopic (exact) mass is 431 g/mol. The fraction of sp³-hybridized carbons (Fsp3) is 1.00. The Labute approximate surface area is 176 Å². The first-order valence-corrected chi connectivity index (χ1v) is 12.2. The molecule has 2 unspecified atom stereocenters. The van der Waals surface area contributed by atoms with Crippen LogP contribution in [0.4, 0.5) is 0 Å². The molecule has 1 aliphatic rings. The van der Waals surface area contributed by atoms with Gasteiger partial charge in [0.05, 0.1) is 19.6 Å². The maximum absolute atomic E-state index is 2.31. The summed E-state index contributed by atoms with van der Waals surface area (Å²) in [6.45, 7) is 9.04. The highest BCUT2D eigenvalue weighted by molar-refractivity contribution is 4.63. The lowest BCUT2D eigenvalue weighted by Gasteiger charge is -2.13. The van der Waals surface area contributed by atoms with Crippen LogP contribution in [0.15, 0.2) is 0 Å². The minimum atomic E-state index is 0. The minimum Gasteiger partial charge on any atom is -1.00 e. The van der Waals surface area contributed by atoms with E-state index in [0.29, 0.717) is 0 Å². The van der Waals surface area contributed by atoms with E-state index in [1.54, 1.807) is 0 Å². The molecule has 0 aliphatic carbocycles. The van der Waals surface area contributed by atoms with Crippen LogP contribution >= 0.6 is 0 Å². The molecule has 0 aromatic heterocycles. The molecule has 1 heterocycles. The van der Waals surface area contributed by atoms with Crippen LogP contribution in [0.2, 0.25) is 0 Å². The quantitative estimate of drug-likeness (QED) is 0.316. The van der Waals surface area contributed by atoms with Crippen LogP contribution in [0.5, 0.6) is 0 Å². The molecule has 0 aromatic rings. The van der Waals surface area contributed by atoms with Crippen LogP contribution in [0, 0.1) is 5.92 Å². The predicted molar refractivity (Wildman–Crippen MR) is 114 cm³/mol. The summed E-state index contributed by atoms with van der Waals surface area (Å²) in [5.41, 5.74) is 0. The van der Waals surface area contributed by atoms with Gasteiger partial charge in [-0.1, -0.05) is 104 Å². The second-order valence-electron chi connectivity index (χ2n) is 8.85. The largest absolute Gasteiger partial charge is 1.00 e. The molecule has 1 nitrogen and oxygen atoms in total. The lowest BCUT2D eigenvalue weighted by Crippen LogP contribution is -3.10. The Morgan fingerprint density at radius 1 is 0.615 bits per heavy atom. The number of hydrogen-bond donors (Lipinski definition) is 1. The van der Waals surface area contributed by atoms with Crippen molar-refractivity contribution >= 4 is 0 Å². The number of quaternary nitrogens is 1. The number of unbranched alkanes of at least 4 members (excludes halogenated alkanes) is 14. The highest BCUT2D eigenvalue weighted by Crippen LogP contribution is 2.16. The van der Waals surface area contributed by atoms with Crippen molar-refractivity contribution in [2.45, 2.75) is 129 Å². The van der Waals surface area contributed by atoms with Crippen molar-refractivity contribution in [1.82, 2.24) is 0 Å². The van der Waals surface area contributed by atoms with E-state index in [2.05, 4.69) is 13.8 Å². The molecule has 0 saturated carbocycles. The van der Waals surface area contributed by atoms with E-state index < -0.39 is 0 Å². The third-order valence-electron chi connectivity index (χ3n) is 6.33. The van der Waals surface area contributed by atoms with Crippen LogP contribution in [0.3, 0.4) is 0 Å². The Hall–Kier alpha value is 0.440. The molecule has 1 aliphatic heterocycles. The van der Waals surface area contributed by atoms with E-state index in [1.165, 1.54) is 135 Å². The molecule has 1 rings (SSSR count). The first-order valence-electron chi connectivity index (χ1n) is 12.2. The third kappa shape index (κ3) is 15.5.